The van der Waals surface area contributed by atoms with Crippen molar-refractivity contribution in [3.63, 3.8) is 0 Å². The zero-order valence-electron chi connectivity index (χ0n) is 12.9. The molecule has 1 aromatic carbocycles. The van der Waals surface area contributed by atoms with Crippen LogP contribution in [0.2, 0.25) is 0 Å². The average molecular weight is 330 g/mol. The van der Waals surface area contributed by atoms with Crippen LogP contribution < -0.4 is 0 Å². The number of carbonyl (C=O) groups is 1. The molecule has 23 heavy (non-hydrogen) atoms. The minimum Gasteiger partial charge on any atom is -0.434 e. The molecule has 1 aliphatic rings. The van der Waals surface area contributed by atoms with Crippen molar-refractivity contribution in [2.45, 2.75) is 57.2 Å². The average Bonchev–Trinajstić information content (AvgIpc) is 2.51. The van der Waals surface area contributed by atoms with Crippen molar-refractivity contribution >= 4 is 6.16 Å². The molecule has 1 aliphatic carbocycles. The van der Waals surface area contributed by atoms with E-state index in [4.69, 9.17) is 0 Å². The minimum atomic E-state index is -4.99. The molecule has 6 heteroatoms. The number of hydrogen-bond donors (Lipinski definition) is 0. The molecule has 1 fully saturated rings. The molecular formula is C17H21F3O3. The number of ether oxygens (including phenoxy) is 2. The maximum absolute atomic E-state index is 11.8. The molecule has 1 aromatic rings. The molecule has 0 aliphatic heterocycles. The molecule has 0 bridgehead atoms. The predicted molar refractivity (Wildman–Crippen MR) is 79.1 cm³/mol. The standard InChI is InChI=1S/C17H21F3O3/c18-17(19,20)23-16(21)22-11-5-7-13-6-4-10-15(12-13)14-8-2-1-3-9-14/h4,6,10,12,14H,1-3,5,7-9,11H2. The van der Waals surface area contributed by atoms with Crippen LogP contribution in [-0.4, -0.2) is 19.1 Å². The van der Waals surface area contributed by atoms with Crippen molar-refractivity contribution in [1.82, 2.24) is 0 Å². The van der Waals surface area contributed by atoms with Gasteiger partial charge in [-0.1, -0.05) is 43.5 Å². The largest absolute Gasteiger partial charge is 0.577 e. The fourth-order valence-electron chi connectivity index (χ4n) is 2.99. The second-order valence-corrected chi connectivity index (χ2v) is 5.83. The molecular weight excluding hydrogens is 309 g/mol. The summed E-state index contributed by atoms with van der Waals surface area (Å²) in [5, 5.41) is 0. The molecule has 0 atom stereocenters. The van der Waals surface area contributed by atoms with Gasteiger partial charge in [0.25, 0.3) is 0 Å². The third kappa shape index (κ3) is 6.50. The van der Waals surface area contributed by atoms with Gasteiger partial charge >= 0.3 is 12.5 Å². The highest BCUT2D eigenvalue weighted by atomic mass is 19.4. The Morgan fingerprint density at radius 3 is 2.61 bits per heavy atom. The monoisotopic (exact) mass is 330 g/mol. The summed E-state index contributed by atoms with van der Waals surface area (Å²) in [6.45, 7) is -0.0947. The zero-order valence-corrected chi connectivity index (χ0v) is 12.9. The number of carbonyl (C=O) groups excluding carboxylic acids is 1. The number of benzene rings is 1. The van der Waals surface area contributed by atoms with Gasteiger partial charge in [-0.15, -0.1) is 13.2 Å². The molecule has 0 N–H and O–H groups in total. The fourth-order valence-corrected chi connectivity index (χ4v) is 2.99. The van der Waals surface area contributed by atoms with E-state index in [0.717, 1.165) is 5.56 Å². The second kappa shape index (κ2) is 8.22. The molecule has 128 valence electrons. The van der Waals surface area contributed by atoms with Gasteiger partial charge in [0.2, 0.25) is 0 Å². The van der Waals surface area contributed by atoms with Gasteiger partial charge in [-0.2, -0.15) is 0 Å². The van der Waals surface area contributed by atoms with Gasteiger partial charge in [-0.25, -0.2) is 4.79 Å². The smallest absolute Gasteiger partial charge is 0.434 e. The summed E-state index contributed by atoms with van der Waals surface area (Å²) < 4.78 is 42.9. The van der Waals surface area contributed by atoms with Gasteiger partial charge in [0.05, 0.1) is 6.61 Å². The highest BCUT2D eigenvalue weighted by Gasteiger charge is 2.34. The zero-order chi connectivity index (χ0) is 16.7. The van der Waals surface area contributed by atoms with E-state index in [1.54, 1.807) is 0 Å². The molecule has 3 nitrogen and oxygen atoms in total. The number of hydrogen-bond acceptors (Lipinski definition) is 3. The Hall–Kier alpha value is -1.72. The maximum atomic E-state index is 11.8. The van der Waals surface area contributed by atoms with Crippen LogP contribution in [0.25, 0.3) is 0 Å². The summed E-state index contributed by atoms with van der Waals surface area (Å²) in [5.74, 6) is 0.613. The first-order chi connectivity index (χ1) is 10.9. The Bertz CT molecular complexity index is 508. The first-order valence-electron chi connectivity index (χ1n) is 7.95. The lowest BCUT2D eigenvalue weighted by atomic mass is 9.83. The molecule has 0 unspecified atom stereocenters. The summed E-state index contributed by atoms with van der Waals surface area (Å²) in [7, 11) is 0. The fraction of sp³-hybridized carbons (Fsp3) is 0.588. The van der Waals surface area contributed by atoms with Crippen LogP contribution in [0.5, 0.6) is 0 Å². The lowest BCUT2D eigenvalue weighted by Gasteiger charge is -2.22. The van der Waals surface area contributed by atoms with E-state index in [1.165, 1.54) is 37.7 Å². The topological polar surface area (TPSA) is 35.5 Å². The van der Waals surface area contributed by atoms with Crippen LogP contribution in [0.3, 0.4) is 0 Å². The molecule has 1 saturated carbocycles. The van der Waals surface area contributed by atoms with Crippen LogP contribution in [0, 0.1) is 0 Å². The first-order valence-corrected chi connectivity index (χ1v) is 7.95. The number of aryl methyl sites for hydroxylation is 1. The Kier molecular flexibility index (Phi) is 6.30. The lowest BCUT2D eigenvalue weighted by Crippen LogP contribution is -2.20. The number of alkyl halides is 3. The van der Waals surface area contributed by atoms with E-state index in [-0.39, 0.29) is 6.61 Å². The Labute approximate surface area is 133 Å². The lowest BCUT2D eigenvalue weighted by molar-refractivity contribution is -0.299. The minimum absolute atomic E-state index is 0.0947. The summed E-state index contributed by atoms with van der Waals surface area (Å²) in [6, 6.07) is 8.29. The molecule has 0 spiro atoms. The van der Waals surface area contributed by atoms with Crippen molar-refractivity contribution in [2.75, 3.05) is 6.61 Å². The van der Waals surface area contributed by atoms with Crippen LogP contribution in [0.15, 0.2) is 24.3 Å². The third-order valence-corrected chi connectivity index (χ3v) is 4.06. The van der Waals surface area contributed by atoms with Crippen molar-refractivity contribution in [2.24, 2.45) is 0 Å². The molecule has 0 radical (unpaired) electrons. The first kappa shape index (κ1) is 17.6. The van der Waals surface area contributed by atoms with Gasteiger partial charge < -0.3 is 9.47 Å². The Balaban J connectivity index is 1.74. The van der Waals surface area contributed by atoms with Crippen LogP contribution in [0.1, 0.15) is 55.6 Å². The Morgan fingerprint density at radius 2 is 1.91 bits per heavy atom. The third-order valence-electron chi connectivity index (χ3n) is 4.06. The van der Waals surface area contributed by atoms with Gasteiger partial charge in [-0.05, 0) is 42.7 Å². The molecule has 0 heterocycles. The van der Waals surface area contributed by atoms with Crippen LogP contribution in [-0.2, 0) is 15.9 Å². The highest BCUT2D eigenvalue weighted by Crippen LogP contribution is 2.32. The van der Waals surface area contributed by atoms with Crippen molar-refractivity contribution < 1.29 is 27.4 Å². The quantitative estimate of drug-likeness (QED) is 0.540. The summed E-state index contributed by atoms with van der Waals surface area (Å²) in [4.78, 5) is 10.8. The van der Waals surface area contributed by atoms with E-state index in [9.17, 15) is 18.0 Å². The number of halogens is 3. The van der Waals surface area contributed by atoms with E-state index in [0.29, 0.717) is 18.8 Å². The maximum Gasteiger partial charge on any atom is 0.577 e. The van der Waals surface area contributed by atoms with Crippen molar-refractivity contribution in [3.8, 4) is 0 Å². The van der Waals surface area contributed by atoms with E-state index in [1.807, 2.05) is 12.1 Å². The van der Waals surface area contributed by atoms with E-state index < -0.39 is 12.5 Å². The van der Waals surface area contributed by atoms with Crippen molar-refractivity contribution in [3.05, 3.63) is 35.4 Å². The van der Waals surface area contributed by atoms with E-state index in [2.05, 4.69) is 21.6 Å². The predicted octanol–water partition coefficient (Wildman–Crippen LogP) is 5.34. The molecule has 0 amide bonds. The van der Waals surface area contributed by atoms with Crippen molar-refractivity contribution in [1.29, 1.82) is 0 Å². The second-order valence-electron chi connectivity index (χ2n) is 5.83. The van der Waals surface area contributed by atoms with Gasteiger partial charge in [0.1, 0.15) is 0 Å². The summed E-state index contributed by atoms with van der Waals surface area (Å²) >= 11 is 0. The molecule has 0 saturated heterocycles. The molecule has 0 aromatic heterocycles. The normalized spacial score (nSPS) is 16.1. The van der Waals surface area contributed by atoms with Crippen LogP contribution >= 0.6 is 0 Å². The Morgan fingerprint density at radius 1 is 1.17 bits per heavy atom. The van der Waals surface area contributed by atoms with Gasteiger partial charge in [0, 0.05) is 0 Å². The summed E-state index contributed by atoms with van der Waals surface area (Å²) in [5.41, 5.74) is 2.44. The number of rotatable bonds is 5. The van der Waals surface area contributed by atoms with Crippen LogP contribution in [0.4, 0.5) is 18.0 Å². The summed E-state index contributed by atoms with van der Waals surface area (Å²) in [6.07, 6.45) is 0.696. The molecule has 2 rings (SSSR count). The van der Waals surface area contributed by atoms with E-state index >= 15 is 0 Å². The SMILES string of the molecule is O=C(OCCCc1cccc(C2CCCCC2)c1)OC(F)(F)F. The highest BCUT2D eigenvalue weighted by molar-refractivity contribution is 5.59. The van der Waals surface area contributed by atoms with Gasteiger partial charge in [0.15, 0.2) is 0 Å². The van der Waals surface area contributed by atoms with Gasteiger partial charge in [-0.3, -0.25) is 0 Å².